The first-order valence-electron chi connectivity index (χ1n) is 8.15. The van der Waals surface area contributed by atoms with Gasteiger partial charge in [0.1, 0.15) is 11.4 Å². The molecular formula is C22H17ClO2. The lowest BCUT2D eigenvalue weighted by atomic mass is 9.79. The van der Waals surface area contributed by atoms with E-state index in [0.717, 1.165) is 21.9 Å². The quantitative estimate of drug-likeness (QED) is 0.632. The van der Waals surface area contributed by atoms with E-state index in [1.54, 1.807) is 24.3 Å². The predicted octanol–water partition coefficient (Wildman–Crippen LogP) is 5.61. The van der Waals surface area contributed by atoms with Gasteiger partial charge in [0.05, 0.1) is 0 Å². The SMILES string of the molecule is OC1=C(c2ccc(Cl)cc2)CC(O)(c2cccc3ccccc23)C=C1. The van der Waals surface area contributed by atoms with E-state index in [4.69, 9.17) is 11.6 Å². The largest absolute Gasteiger partial charge is 0.508 e. The average Bonchev–Trinajstić information content (AvgIpc) is 2.64. The summed E-state index contributed by atoms with van der Waals surface area (Å²) in [7, 11) is 0. The monoisotopic (exact) mass is 348 g/mol. The zero-order chi connectivity index (χ0) is 17.4. The Morgan fingerprint density at radius 3 is 2.40 bits per heavy atom. The number of allylic oxidation sites excluding steroid dienone is 1. The van der Waals surface area contributed by atoms with E-state index < -0.39 is 5.60 Å². The van der Waals surface area contributed by atoms with Gasteiger partial charge in [-0.25, -0.2) is 0 Å². The highest BCUT2D eigenvalue weighted by Crippen LogP contribution is 2.41. The second-order valence-electron chi connectivity index (χ2n) is 6.33. The Labute approximate surface area is 151 Å². The molecule has 3 heteroatoms. The fourth-order valence-corrected chi connectivity index (χ4v) is 3.55. The summed E-state index contributed by atoms with van der Waals surface area (Å²) in [5, 5.41) is 24.4. The molecule has 0 aliphatic heterocycles. The molecule has 1 aliphatic carbocycles. The van der Waals surface area contributed by atoms with Crippen LogP contribution < -0.4 is 0 Å². The second kappa shape index (κ2) is 6.07. The lowest BCUT2D eigenvalue weighted by molar-refractivity contribution is 0.0940. The molecule has 2 N–H and O–H groups in total. The van der Waals surface area contributed by atoms with Crippen LogP contribution in [0.25, 0.3) is 16.3 Å². The molecule has 0 fully saturated rings. The highest BCUT2D eigenvalue weighted by atomic mass is 35.5. The van der Waals surface area contributed by atoms with E-state index in [0.29, 0.717) is 17.0 Å². The molecule has 1 atom stereocenters. The first-order chi connectivity index (χ1) is 12.1. The Kier molecular flexibility index (Phi) is 3.87. The zero-order valence-corrected chi connectivity index (χ0v) is 14.2. The maximum Gasteiger partial charge on any atom is 0.119 e. The fraction of sp³-hybridized carbons (Fsp3) is 0.0909. The van der Waals surface area contributed by atoms with Crippen molar-refractivity contribution in [2.45, 2.75) is 12.0 Å². The molecular weight excluding hydrogens is 332 g/mol. The maximum atomic E-state index is 11.4. The van der Waals surface area contributed by atoms with E-state index in [2.05, 4.69) is 0 Å². The highest BCUT2D eigenvalue weighted by Gasteiger charge is 2.33. The molecule has 0 spiro atoms. The third-order valence-corrected chi connectivity index (χ3v) is 4.97. The minimum Gasteiger partial charge on any atom is -0.508 e. The summed E-state index contributed by atoms with van der Waals surface area (Å²) < 4.78 is 0. The smallest absolute Gasteiger partial charge is 0.119 e. The van der Waals surface area contributed by atoms with Gasteiger partial charge in [-0.2, -0.15) is 0 Å². The number of hydrogen-bond acceptors (Lipinski definition) is 2. The van der Waals surface area contributed by atoms with Crippen molar-refractivity contribution >= 4 is 27.9 Å². The number of aliphatic hydroxyl groups is 2. The molecule has 124 valence electrons. The van der Waals surface area contributed by atoms with Crippen molar-refractivity contribution in [3.05, 3.63) is 101 Å². The van der Waals surface area contributed by atoms with E-state index in [9.17, 15) is 10.2 Å². The van der Waals surface area contributed by atoms with E-state index in [1.165, 1.54) is 0 Å². The molecule has 0 saturated carbocycles. The Morgan fingerprint density at radius 1 is 0.880 bits per heavy atom. The van der Waals surface area contributed by atoms with Crippen LogP contribution in [0.4, 0.5) is 0 Å². The summed E-state index contributed by atoms with van der Waals surface area (Å²) in [4.78, 5) is 0. The molecule has 0 saturated heterocycles. The van der Waals surface area contributed by atoms with Crippen LogP contribution in [0, 0.1) is 0 Å². The van der Waals surface area contributed by atoms with Crippen LogP contribution in [0.15, 0.2) is 84.6 Å². The van der Waals surface area contributed by atoms with Crippen LogP contribution in [0.1, 0.15) is 17.5 Å². The van der Waals surface area contributed by atoms with Gasteiger partial charge >= 0.3 is 0 Å². The number of fused-ring (bicyclic) bond motifs is 1. The Bertz CT molecular complexity index is 997. The van der Waals surface area contributed by atoms with E-state index >= 15 is 0 Å². The van der Waals surface area contributed by atoms with Crippen LogP contribution in [0.3, 0.4) is 0 Å². The number of rotatable bonds is 2. The van der Waals surface area contributed by atoms with Gasteiger partial charge in [-0.3, -0.25) is 0 Å². The molecule has 1 aliphatic rings. The lowest BCUT2D eigenvalue weighted by Gasteiger charge is -2.31. The third kappa shape index (κ3) is 2.84. The Hall–Kier alpha value is -2.55. The minimum atomic E-state index is -1.18. The zero-order valence-electron chi connectivity index (χ0n) is 13.5. The summed E-state index contributed by atoms with van der Waals surface area (Å²) >= 11 is 5.96. The van der Waals surface area contributed by atoms with Crippen LogP contribution in [0.2, 0.25) is 5.02 Å². The number of benzene rings is 3. The minimum absolute atomic E-state index is 0.173. The number of hydrogen-bond donors (Lipinski definition) is 2. The van der Waals surface area contributed by atoms with Gasteiger partial charge in [0.2, 0.25) is 0 Å². The molecule has 2 nitrogen and oxygen atoms in total. The van der Waals surface area contributed by atoms with Gasteiger partial charge in [0.15, 0.2) is 0 Å². The van der Waals surface area contributed by atoms with Gasteiger partial charge in [-0.05, 0) is 46.2 Å². The van der Waals surface area contributed by atoms with Crippen LogP contribution in [-0.4, -0.2) is 10.2 Å². The van der Waals surface area contributed by atoms with E-state index in [1.807, 2.05) is 54.6 Å². The normalized spacial score (nSPS) is 20.2. The summed E-state index contributed by atoms with van der Waals surface area (Å²) in [5.74, 6) is 0.173. The van der Waals surface area contributed by atoms with Gasteiger partial charge in [-0.1, -0.05) is 66.2 Å². The Balaban J connectivity index is 1.81. The van der Waals surface area contributed by atoms with Crippen molar-refractivity contribution in [2.75, 3.05) is 0 Å². The first kappa shape index (κ1) is 15.9. The highest BCUT2D eigenvalue weighted by molar-refractivity contribution is 6.30. The molecule has 1 unspecified atom stereocenters. The molecule has 0 aromatic heterocycles. The summed E-state index contributed by atoms with van der Waals surface area (Å²) in [6.07, 6.45) is 3.55. The standard InChI is InChI=1S/C22H17ClO2/c23-17-10-8-16(9-11-17)19-14-22(25,13-12-21(19)24)20-7-3-5-15-4-1-2-6-18(15)20/h1-13,24-25H,14H2. The number of halogens is 1. The molecule has 3 aromatic rings. The molecule has 0 heterocycles. The van der Waals surface area contributed by atoms with Crippen molar-refractivity contribution in [1.29, 1.82) is 0 Å². The fourth-order valence-electron chi connectivity index (χ4n) is 3.43. The molecule has 3 aromatic carbocycles. The average molecular weight is 349 g/mol. The van der Waals surface area contributed by atoms with Crippen molar-refractivity contribution in [3.8, 4) is 0 Å². The number of aliphatic hydroxyl groups excluding tert-OH is 1. The maximum absolute atomic E-state index is 11.4. The van der Waals surface area contributed by atoms with Gasteiger partial charge < -0.3 is 10.2 Å². The first-order valence-corrected chi connectivity index (χ1v) is 8.52. The van der Waals surface area contributed by atoms with Crippen LogP contribution in [0.5, 0.6) is 0 Å². The van der Waals surface area contributed by atoms with E-state index in [-0.39, 0.29) is 5.76 Å². The van der Waals surface area contributed by atoms with Crippen molar-refractivity contribution in [2.24, 2.45) is 0 Å². The second-order valence-corrected chi connectivity index (χ2v) is 6.77. The van der Waals surface area contributed by atoms with Crippen LogP contribution in [-0.2, 0) is 5.60 Å². The molecule has 25 heavy (non-hydrogen) atoms. The topological polar surface area (TPSA) is 40.5 Å². The molecule has 0 radical (unpaired) electrons. The van der Waals surface area contributed by atoms with Crippen molar-refractivity contribution in [3.63, 3.8) is 0 Å². The van der Waals surface area contributed by atoms with Crippen LogP contribution >= 0.6 is 11.6 Å². The van der Waals surface area contributed by atoms with Gasteiger partial charge in [0, 0.05) is 17.0 Å². The molecule has 4 rings (SSSR count). The lowest BCUT2D eigenvalue weighted by Crippen LogP contribution is -2.26. The molecule has 0 bridgehead atoms. The predicted molar refractivity (Wildman–Crippen MR) is 103 cm³/mol. The van der Waals surface area contributed by atoms with Crippen molar-refractivity contribution in [1.82, 2.24) is 0 Å². The molecule has 0 amide bonds. The van der Waals surface area contributed by atoms with Gasteiger partial charge in [-0.15, -0.1) is 0 Å². The van der Waals surface area contributed by atoms with Gasteiger partial charge in [0.25, 0.3) is 0 Å². The Morgan fingerprint density at radius 2 is 1.60 bits per heavy atom. The third-order valence-electron chi connectivity index (χ3n) is 4.72. The summed E-state index contributed by atoms with van der Waals surface area (Å²) in [5.41, 5.74) is 1.21. The summed E-state index contributed by atoms with van der Waals surface area (Å²) in [6.45, 7) is 0. The summed E-state index contributed by atoms with van der Waals surface area (Å²) in [6, 6.07) is 21.2. The van der Waals surface area contributed by atoms with Crippen molar-refractivity contribution < 1.29 is 10.2 Å².